The van der Waals surface area contributed by atoms with Crippen molar-refractivity contribution in [3.63, 3.8) is 0 Å². The van der Waals surface area contributed by atoms with Gasteiger partial charge in [-0.05, 0) is 207 Å². The van der Waals surface area contributed by atoms with E-state index in [4.69, 9.17) is 9.90 Å². The largest absolute Gasteiger partial charge is 0.481 e. The number of nitro groups is 5. The number of carboxylic acid groups (broad SMARTS) is 1. The molecule has 0 atom stereocenters. The van der Waals surface area contributed by atoms with Crippen molar-refractivity contribution in [2.45, 2.75) is 39.0 Å². The number of carboxylic acids is 1. The van der Waals surface area contributed by atoms with Crippen LogP contribution >= 0.6 is 56.7 Å². The van der Waals surface area contributed by atoms with Gasteiger partial charge in [0.1, 0.15) is 57.6 Å². The number of benzene rings is 10. The lowest BCUT2D eigenvalue weighted by molar-refractivity contribution is -0.385. The second kappa shape index (κ2) is 45.8. The van der Waals surface area contributed by atoms with Crippen LogP contribution in [0.25, 0.3) is 55.2 Å². The Balaban J connectivity index is 0.000000138. The first kappa shape index (κ1) is 104. The highest BCUT2D eigenvalue weighted by Gasteiger charge is 2.21. The molecular formula is C97H59F5N20O22S5. The number of aliphatic carboxylic acids is 1. The van der Waals surface area contributed by atoms with Crippen LogP contribution < -0.4 is 78.3 Å². The molecule has 0 aliphatic carbocycles. The molecule has 0 radical (unpaired) electrons. The van der Waals surface area contributed by atoms with Gasteiger partial charge in [-0.25, -0.2) is 22.0 Å². The van der Waals surface area contributed by atoms with Crippen LogP contribution in [0.3, 0.4) is 0 Å². The molecule has 10 heterocycles. The topological polar surface area (TPSA) is 575 Å². The Morgan fingerprint density at radius 2 is 0.396 bits per heavy atom. The number of nitro benzene ring substituents is 5. The van der Waals surface area contributed by atoms with Gasteiger partial charge in [0.15, 0.2) is 0 Å². The summed E-state index contributed by atoms with van der Waals surface area (Å²) >= 11 is 4.99. The third-order valence-corrected chi connectivity index (χ3v) is 25.5. The lowest BCUT2D eigenvalue weighted by Crippen LogP contribution is -2.28. The molecule has 744 valence electrons. The molecule has 20 aromatic rings. The fourth-order valence-corrected chi connectivity index (χ4v) is 18.0. The number of halogens is 5. The molecule has 0 amide bonds. The molecular weight excluding hydrogens is 2050 g/mol. The third kappa shape index (κ3) is 26.1. The molecule has 149 heavy (non-hydrogen) atoms. The fourth-order valence-electron chi connectivity index (χ4n) is 13.5. The zero-order valence-corrected chi connectivity index (χ0v) is 79.5. The van der Waals surface area contributed by atoms with E-state index in [2.05, 4.69) is 50.4 Å². The van der Waals surface area contributed by atoms with Crippen molar-refractivity contribution >= 4 is 146 Å². The Labute approximate surface area is 842 Å². The van der Waals surface area contributed by atoms with E-state index >= 15 is 0 Å². The molecule has 0 aliphatic rings. The summed E-state index contributed by atoms with van der Waals surface area (Å²) in [6.07, 6.45) is 8.35. The molecule has 0 unspecified atom stereocenters. The molecule has 10 aromatic heterocycles. The smallest absolute Gasteiger partial charge is 0.300 e. The van der Waals surface area contributed by atoms with Crippen molar-refractivity contribution in [3.05, 3.63) is 533 Å². The summed E-state index contributed by atoms with van der Waals surface area (Å²) in [7, 11) is 0. The zero-order chi connectivity index (χ0) is 106. The van der Waals surface area contributed by atoms with Gasteiger partial charge in [-0.2, -0.15) is 73.0 Å². The van der Waals surface area contributed by atoms with Crippen LogP contribution in [0.2, 0.25) is 0 Å². The first-order valence-electron chi connectivity index (χ1n) is 42.6. The van der Waals surface area contributed by atoms with Crippen LogP contribution in [0, 0.1) is 79.7 Å². The zero-order valence-electron chi connectivity index (χ0n) is 75.4. The highest BCUT2D eigenvalue weighted by Crippen LogP contribution is 2.21. The van der Waals surface area contributed by atoms with Crippen molar-refractivity contribution in [1.82, 2.24) is 73.0 Å². The molecule has 0 saturated carbocycles. The highest BCUT2D eigenvalue weighted by molar-refractivity contribution is 7.16. The highest BCUT2D eigenvalue weighted by atomic mass is 32.1. The number of hydrogen-bond acceptors (Lipinski definition) is 36. The second-order valence-electron chi connectivity index (χ2n) is 31.1. The number of aromatic nitrogens is 15. The molecule has 0 aliphatic heterocycles. The summed E-state index contributed by atoms with van der Waals surface area (Å²) in [6, 6.07) is 56.7. The van der Waals surface area contributed by atoms with Crippen molar-refractivity contribution in [3.8, 4) is 0 Å². The Morgan fingerprint density at radius 3 is 0.523 bits per heavy atom. The lowest BCUT2D eigenvalue weighted by Gasteiger charge is -2.00. The summed E-state index contributed by atoms with van der Waals surface area (Å²) in [4.78, 5) is 205. The average molecular weight is 2110 g/mol. The normalized spacial score (nSPS) is 11.7. The third-order valence-electron chi connectivity index (χ3n) is 20.7. The first-order chi connectivity index (χ1) is 71.2. The number of carbonyl (C=O) groups is 1. The Morgan fingerprint density at radius 1 is 0.262 bits per heavy atom. The van der Waals surface area contributed by atoms with Crippen LogP contribution in [0.5, 0.6) is 0 Å². The molecule has 0 saturated heterocycles. The molecule has 10 aromatic carbocycles. The quantitative estimate of drug-likeness (QED) is 0.0424. The summed E-state index contributed by atoms with van der Waals surface area (Å²) in [6.45, 7) is 1.08. The van der Waals surface area contributed by atoms with E-state index < -0.39 is 115 Å². The van der Waals surface area contributed by atoms with Crippen molar-refractivity contribution in [2.75, 3.05) is 0 Å². The molecule has 1 N–H and O–H groups in total. The van der Waals surface area contributed by atoms with Crippen molar-refractivity contribution < 1.29 is 56.5 Å². The fraction of sp³-hybridized carbons (Fsp3) is 0.0619. The number of non-ortho nitro benzene ring substituents is 5. The van der Waals surface area contributed by atoms with E-state index in [-0.39, 0.29) is 136 Å². The van der Waals surface area contributed by atoms with Gasteiger partial charge in [0.05, 0.1) is 47.3 Å². The maximum Gasteiger partial charge on any atom is 0.300 e. The molecule has 20 rings (SSSR count). The first-order valence-corrected chi connectivity index (χ1v) is 46.7. The van der Waals surface area contributed by atoms with E-state index in [1.165, 1.54) is 243 Å². The van der Waals surface area contributed by atoms with Crippen LogP contribution in [0.1, 0.15) is 91.0 Å². The minimum Gasteiger partial charge on any atom is -0.481 e. The van der Waals surface area contributed by atoms with Crippen LogP contribution in [-0.2, 0) is 36.9 Å². The van der Waals surface area contributed by atoms with Gasteiger partial charge < -0.3 is 5.11 Å². The summed E-state index contributed by atoms with van der Waals surface area (Å²) in [5.74, 6) is -2.79. The number of rotatable bonds is 20. The van der Waals surface area contributed by atoms with Gasteiger partial charge in [-0.1, -0.05) is 117 Å². The van der Waals surface area contributed by atoms with Crippen LogP contribution in [0.15, 0.2) is 291 Å². The summed E-state index contributed by atoms with van der Waals surface area (Å²) in [5, 5.41) is 81.7. The molecule has 0 spiro atoms. The Kier molecular flexibility index (Phi) is 32.0. The maximum atomic E-state index is 13.0. The SMILES string of the molecule is CC(=O)O.O=c1nc2s/c(=C\c3ccc([N+](=O)[O-])cc3)c(=O)n2nc1Cc1ccc(F)cc1.O=c1nc2s/c(=C\c3ccc([N+](=O)[O-])cc3)c(=O)n2nc1Cc1ccc(F)cc1.O=c1nc2s/c(=C\c3ccc([N+](=O)[O-])cc3)c(=O)n2nc1Cc1ccc(F)cc1.O=c1nc2s/c(=C\c3ccc([N+](=O)[O-])cc3)c(=O)n2nc1Cc1ccc(F)cc1.O=c1nc2s/c(=C\c3ccc([N+](=O)[O-])cc3)c(=O)n2nc1Cc1ccc(F)cc1. The number of fused-ring (bicyclic) bond motifs is 5. The van der Waals surface area contributed by atoms with Crippen LogP contribution in [0.4, 0.5) is 50.4 Å². The van der Waals surface area contributed by atoms with Gasteiger partial charge in [-0.3, -0.25) is 103 Å². The van der Waals surface area contributed by atoms with E-state index in [9.17, 15) is 120 Å². The standard InChI is InChI=1S/5C19H11FN4O4S.C2H4O2/c5*20-13-5-1-11(2-6-13)9-15-17(25)21-19-23(22-15)18(26)16(29-19)10-12-3-7-14(8-4-12)24(27)28;1-2(3)4/h5*1-8,10H,9H2;1H3,(H,3,4)/b5*16-10-;. The van der Waals surface area contributed by atoms with Crippen molar-refractivity contribution in [1.29, 1.82) is 0 Å². The van der Waals surface area contributed by atoms with E-state index in [0.717, 1.165) is 86.2 Å². The van der Waals surface area contributed by atoms with E-state index in [1.807, 2.05) is 0 Å². The maximum absolute atomic E-state index is 13.0. The molecule has 52 heteroatoms. The number of nitrogens with zero attached hydrogens (tertiary/aromatic N) is 20. The van der Waals surface area contributed by atoms with Gasteiger partial charge in [0.25, 0.3) is 90.0 Å². The molecule has 0 fully saturated rings. The van der Waals surface area contributed by atoms with Crippen LogP contribution in [-0.4, -0.2) is 109 Å². The predicted molar refractivity (Wildman–Crippen MR) is 536 cm³/mol. The monoisotopic (exact) mass is 2110 g/mol. The minimum absolute atomic E-state index is 0.0556. The lowest BCUT2D eigenvalue weighted by atomic mass is 10.1. The predicted octanol–water partition coefficient (Wildman–Crippen LogP) is 8.58. The Hall–Kier alpha value is -19.5. The number of thiazole rings is 5. The van der Waals surface area contributed by atoms with E-state index in [1.54, 1.807) is 30.4 Å². The summed E-state index contributed by atoms with van der Waals surface area (Å²) in [5.41, 5.74) is 1.35. The van der Waals surface area contributed by atoms with Gasteiger partial charge >= 0.3 is 0 Å². The van der Waals surface area contributed by atoms with Crippen molar-refractivity contribution in [2.24, 2.45) is 0 Å². The summed E-state index contributed by atoms with van der Waals surface area (Å²) < 4.78 is 71.9. The minimum atomic E-state index is -0.833. The number of hydrogen-bond donors (Lipinski definition) is 1. The second-order valence-corrected chi connectivity index (χ2v) is 36.2. The Bertz CT molecular complexity index is 8380. The average Bonchev–Trinajstić information content (AvgIpc) is 1.66. The van der Waals surface area contributed by atoms with Gasteiger partial charge in [-0.15, -0.1) is 0 Å². The van der Waals surface area contributed by atoms with Gasteiger partial charge in [0.2, 0.25) is 24.8 Å². The molecule has 0 bridgehead atoms. The molecule has 42 nitrogen and oxygen atoms in total. The van der Waals surface area contributed by atoms with E-state index in [0.29, 0.717) is 55.6 Å². The van der Waals surface area contributed by atoms with Gasteiger partial charge in [0, 0.05) is 99.7 Å².